The van der Waals surface area contributed by atoms with E-state index in [1.165, 1.54) is 10.5 Å². The zero-order valence-corrected chi connectivity index (χ0v) is 24.8. The van der Waals surface area contributed by atoms with Crippen LogP contribution in [0.15, 0.2) is 91.0 Å². The predicted octanol–water partition coefficient (Wildman–Crippen LogP) is 7.25. The van der Waals surface area contributed by atoms with Crippen molar-refractivity contribution in [1.29, 1.82) is 0 Å². The molecule has 0 aliphatic carbocycles. The Hall–Kier alpha value is -4.33. The summed E-state index contributed by atoms with van der Waals surface area (Å²) < 4.78 is 1.11. The Balaban J connectivity index is 1.27. The lowest BCUT2D eigenvalue weighted by Crippen LogP contribution is -2.46. The Kier molecular flexibility index (Phi) is 7.62. The zero-order chi connectivity index (χ0) is 29.4. The van der Waals surface area contributed by atoms with Crippen LogP contribution in [-0.2, 0) is 16.0 Å². The maximum absolute atomic E-state index is 13.8. The van der Waals surface area contributed by atoms with Crippen molar-refractivity contribution in [3.8, 4) is 10.6 Å². The van der Waals surface area contributed by atoms with Crippen LogP contribution in [-0.4, -0.2) is 40.2 Å². The molecule has 1 saturated heterocycles. The lowest BCUT2D eigenvalue weighted by atomic mass is 10.0. The number of hydrogen-bond donors (Lipinski definition) is 0. The van der Waals surface area contributed by atoms with Gasteiger partial charge in [-0.25, -0.2) is 9.88 Å². The van der Waals surface area contributed by atoms with Crippen LogP contribution in [0.1, 0.15) is 33.5 Å². The van der Waals surface area contributed by atoms with E-state index in [-0.39, 0.29) is 24.8 Å². The largest absolute Gasteiger partial charge is 0.326 e. The summed E-state index contributed by atoms with van der Waals surface area (Å²) >= 11 is 7.79. The second-order valence-corrected chi connectivity index (χ2v) is 12.0. The number of aromatic nitrogens is 1. The molecule has 1 fully saturated rings. The average Bonchev–Trinajstić information content (AvgIpc) is 3.53. The van der Waals surface area contributed by atoms with Crippen LogP contribution in [0.25, 0.3) is 20.8 Å². The van der Waals surface area contributed by atoms with Crippen LogP contribution in [0.3, 0.4) is 0 Å². The molecule has 6 nitrogen and oxygen atoms in total. The summed E-state index contributed by atoms with van der Waals surface area (Å²) in [6.07, 6.45) is 0.414. The predicted molar refractivity (Wildman–Crippen MR) is 168 cm³/mol. The standard InChI is InChI=1S/C34H28ClN3O3S/c1-21-10-15-28-30(18-21)42-32(36-28)24-11-13-26(14-12-24)38-31(39)20-29(34(38)41)37(17-16-23-7-5-8-25(35)19-23)33(40)27-9-4-3-6-22(27)2/h3-15,18-19,29H,16-17,20H2,1-2H3. The van der Waals surface area contributed by atoms with Gasteiger partial charge in [-0.15, -0.1) is 11.3 Å². The summed E-state index contributed by atoms with van der Waals surface area (Å²) in [5.41, 5.74) is 5.77. The third-order valence-corrected chi connectivity index (χ3v) is 8.88. The van der Waals surface area contributed by atoms with E-state index in [1.807, 2.05) is 61.5 Å². The minimum Gasteiger partial charge on any atom is -0.326 e. The van der Waals surface area contributed by atoms with Crippen LogP contribution < -0.4 is 4.90 Å². The van der Waals surface area contributed by atoms with Crippen LogP contribution in [0.2, 0.25) is 5.02 Å². The Morgan fingerprint density at radius 3 is 2.52 bits per heavy atom. The molecule has 1 aliphatic heterocycles. The van der Waals surface area contributed by atoms with Crippen molar-refractivity contribution in [3.05, 3.63) is 118 Å². The van der Waals surface area contributed by atoms with E-state index in [0.29, 0.717) is 22.7 Å². The number of amides is 3. The number of carbonyl (C=O) groups excluding carboxylic acids is 3. The lowest BCUT2D eigenvalue weighted by molar-refractivity contribution is -0.122. The highest BCUT2D eigenvalue weighted by atomic mass is 35.5. The van der Waals surface area contributed by atoms with Crippen LogP contribution in [0.4, 0.5) is 5.69 Å². The number of aryl methyl sites for hydroxylation is 2. The van der Waals surface area contributed by atoms with E-state index in [2.05, 4.69) is 13.0 Å². The van der Waals surface area contributed by atoms with Gasteiger partial charge in [0.2, 0.25) is 5.91 Å². The van der Waals surface area contributed by atoms with Gasteiger partial charge < -0.3 is 4.90 Å². The summed E-state index contributed by atoms with van der Waals surface area (Å²) in [5.74, 6) is -1.01. The number of anilines is 1. The second kappa shape index (κ2) is 11.5. The summed E-state index contributed by atoms with van der Waals surface area (Å²) in [7, 11) is 0. The van der Waals surface area contributed by atoms with Gasteiger partial charge in [-0.3, -0.25) is 14.4 Å². The van der Waals surface area contributed by atoms with Gasteiger partial charge in [0.25, 0.3) is 11.8 Å². The van der Waals surface area contributed by atoms with Crippen LogP contribution >= 0.6 is 22.9 Å². The number of imide groups is 1. The van der Waals surface area contributed by atoms with Gasteiger partial charge in [0.05, 0.1) is 22.3 Å². The molecule has 0 saturated carbocycles. The van der Waals surface area contributed by atoms with Crippen LogP contribution in [0, 0.1) is 13.8 Å². The Labute approximate surface area is 253 Å². The van der Waals surface area contributed by atoms with Crippen molar-refractivity contribution in [2.45, 2.75) is 32.7 Å². The zero-order valence-electron chi connectivity index (χ0n) is 23.2. The molecule has 6 rings (SSSR count). The van der Waals surface area contributed by atoms with E-state index >= 15 is 0 Å². The molecule has 4 aromatic carbocycles. The van der Waals surface area contributed by atoms with Gasteiger partial charge >= 0.3 is 0 Å². The fourth-order valence-corrected chi connectivity index (χ4v) is 6.63. The molecule has 1 aromatic heterocycles. The Morgan fingerprint density at radius 2 is 1.76 bits per heavy atom. The van der Waals surface area contributed by atoms with Gasteiger partial charge in [0.15, 0.2) is 0 Å². The Morgan fingerprint density at radius 1 is 0.976 bits per heavy atom. The molecule has 0 bridgehead atoms. The van der Waals surface area contributed by atoms with Crippen molar-refractivity contribution >= 4 is 56.6 Å². The molecule has 3 amide bonds. The number of carbonyl (C=O) groups is 3. The van der Waals surface area contributed by atoms with Gasteiger partial charge in [-0.05, 0) is 91.6 Å². The number of hydrogen-bond acceptors (Lipinski definition) is 5. The number of rotatable bonds is 7. The molecule has 42 heavy (non-hydrogen) atoms. The first-order chi connectivity index (χ1) is 20.3. The summed E-state index contributed by atoms with van der Waals surface area (Å²) in [4.78, 5) is 48.4. The van der Waals surface area contributed by atoms with Crippen molar-refractivity contribution < 1.29 is 14.4 Å². The van der Waals surface area contributed by atoms with E-state index in [4.69, 9.17) is 16.6 Å². The third-order valence-electron chi connectivity index (χ3n) is 7.58. The van der Waals surface area contributed by atoms with E-state index < -0.39 is 11.9 Å². The third kappa shape index (κ3) is 5.45. The number of benzene rings is 4. The number of thiazole rings is 1. The second-order valence-electron chi connectivity index (χ2n) is 10.5. The van der Waals surface area contributed by atoms with E-state index in [1.54, 1.807) is 46.6 Å². The fourth-order valence-electron chi connectivity index (χ4n) is 5.35. The molecule has 1 atom stereocenters. The summed E-state index contributed by atoms with van der Waals surface area (Å²) in [5, 5.41) is 1.47. The average molecular weight is 594 g/mol. The van der Waals surface area contributed by atoms with Gasteiger partial charge in [-0.1, -0.05) is 48.0 Å². The smallest absolute Gasteiger partial charge is 0.257 e. The molecule has 210 valence electrons. The highest BCUT2D eigenvalue weighted by molar-refractivity contribution is 7.21. The molecule has 0 radical (unpaired) electrons. The first kappa shape index (κ1) is 27.8. The molecular formula is C34H28ClN3O3S. The monoisotopic (exact) mass is 593 g/mol. The first-order valence-electron chi connectivity index (χ1n) is 13.7. The minimum absolute atomic E-state index is 0.0784. The minimum atomic E-state index is -0.907. The van der Waals surface area contributed by atoms with Crippen molar-refractivity contribution in [2.75, 3.05) is 11.4 Å². The van der Waals surface area contributed by atoms with Gasteiger partial charge in [-0.2, -0.15) is 0 Å². The maximum Gasteiger partial charge on any atom is 0.257 e. The van der Waals surface area contributed by atoms with Crippen molar-refractivity contribution in [2.24, 2.45) is 0 Å². The number of nitrogens with zero attached hydrogens (tertiary/aromatic N) is 3. The van der Waals surface area contributed by atoms with Crippen molar-refractivity contribution in [3.63, 3.8) is 0 Å². The fraction of sp³-hybridized carbons (Fsp3) is 0.176. The molecule has 1 unspecified atom stereocenters. The molecule has 0 spiro atoms. The topological polar surface area (TPSA) is 70.6 Å². The molecule has 5 aromatic rings. The van der Waals surface area contributed by atoms with E-state index in [0.717, 1.165) is 31.9 Å². The highest BCUT2D eigenvalue weighted by Crippen LogP contribution is 2.33. The molecule has 0 N–H and O–H groups in total. The quantitative estimate of drug-likeness (QED) is 0.186. The molecule has 8 heteroatoms. The SMILES string of the molecule is Cc1ccc2nc(-c3ccc(N4C(=O)CC(N(CCc5cccc(Cl)c5)C(=O)c5ccccc5C)C4=O)cc3)sc2c1. The number of halogens is 1. The van der Waals surface area contributed by atoms with Gasteiger partial charge in [0, 0.05) is 22.7 Å². The highest BCUT2D eigenvalue weighted by Gasteiger charge is 2.44. The van der Waals surface area contributed by atoms with E-state index in [9.17, 15) is 14.4 Å². The molecular weight excluding hydrogens is 566 g/mol. The van der Waals surface area contributed by atoms with Crippen molar-refractivity contribution in [1.82, 2.24) is 9.88 Å². The normalized spacial score (nSPS) is 15.0. The summed E-state index contributed by atoms with van der Waals surface area (Å²) in [6, 6.07) is 27.3. The maximum atomic E-state index is 13.8. The molecule has 2 heterocycles. The number of fused-ring (bicyclic) bond motifs is 1. The van der Waals surface area contributed by atoms with Gasteiger partial charge in [0.1, 0.15) is 11.0 Å². The van der Waals surface area contributed by atoms with Crippen LogP contribution in [0.5, 0.6) is 0 Å². The molecule has 1 aliphatic rings. The Bertz CT molecular complexity index is 1830. The lowest BCUT2D eigenvalue weighted by Gasteiger charge is -2.28. The summed E-state index contributed by atoms with van der Waals surface area (Å²) in [6.45, 7) is 4.18. The first-order valence-corrected chi connectivity index (χ1v) is 14.9.